The van der Waals surface area contributed by atoms with Gasteiger partial charge in [0.2, 0.25) is 0 Å². The lowest BCUT2D eigenvalue weighted by Crippen LogP contribution is -2.53. The van der Waals surface area contributed by atoms with Crippen molar-refractivity contribution in [3.05, 3.63) is 0 Å². The van der Waals surface area contributed by atoms with Crippen molar-refractivity contribution in [3.8, 4) is 0 Å². The van der Waals surface area contributed by atoms with E-state index in [0.717, 1.165) is 25.7 Å². The first-order valence-electron chi connectivity index (χ1n) is 6.40. The molecule has 3 unspecified atom stereocenters. The molecule has 0 aromatic rings. The molecule has 88 valence electrons. The van der Waals surface area contributed by atoms with Gasteiger partial charge in [-0.2, -0.15) is 0 Å². The zero-order valence-corrected chi connectivity index (χ0v) is 10.0. The van der Waals surface area contributed by atoms with Crippen LogP contribution in [0.1, 0.15) is 33.1 Å². The minimum absolute atomic E-state index is 0.394. The summed E-state index contributed by atoms with van der Waals surface area (Å²) in [5.74, 6) is 0. The van der Waals surface area contributed by atoms with E-state index in [4.69, 9.17) is 4.74 Å². The molecule has 3 nitrogen and oxygen atoms in total. The Labute approximate surface area is 93.2 Å². The van der Waals surface area contributed by atoms with Gasteiger partial charge in [-0.1, -0.05) is 6.92 Å². The van der Waals surface area contributed by atoms with Gasteiger partial charge in [-0.3, -0.25) is 4.90 Å². The molecule has 0 aromatic carbocycles. The summed E-state index contributed by atoms with van der Waals surface area (Å²) in [4.78, 5) is 2.61. The van der Waals surface area contributed by atoms with E-state index < -0.39 is 0 Å². The zero-order chi connectivity index (χ0) is 10.7. The number of nitrogens with one attached hydrogen (secondary N) is 1. The second kappa shape index (κ2) is 5.28. The second-order valence-corrected chi connectivity index (χ2v) is 4.91. The molecule has 0 spiro atoms. The van der Waals surface area contributed by atoms with Gasteiger partial charge in [-0.05, 0) is 39.3 Å². The molecule has 0 bridgehead atoms. The Bertz CT molecular complexity index is 198. The normalized spacial score (nSPS) is 34.0. The van der Waals surface area contributed by atoms with E-state index in [1.54, 1.807) is 0 Å². The van der Waals surface area contributed by atoms with Gasteiger partial charge >= 0.3 is 0 Å². The molecule has 0 aromatic heterocycles. The minimum atomic E-state index is 0.394. The van der Waals surface area contributed by atoms with Crippen molar-refractivity contribution in [3.63, 3.8) is 0 Å². The largest absolute Gasteiger partial charge is 0.374 e. The average Bonchev–Trinajstić information content (AvgIpc) is 2.72. The standard InChI is InChI=1S/C12H24N2O/c1-3-6-13-10(2)12-8-14-7-4-5-11(14)9-15-12/h10-13H,3-9H2,1-2H3. The number of hydrogen-bond acceptors (Lipinski definition) is 3. The molecule has 2 fully saturated rings. The first-order chi connectivity index (χ1) is 7.31. The Hall–Kier alpha value is -0.120. The predicted octanol–water partition coefficient (Wildman–Crippen LogP) is 1.24. The third kappa shape index (κ3) is 2.71. The molecule has 1 N–H and O–H groups in total. The molecule has 0 saturated carbocycles. The summed E-state index contributed by atoms with van der Waals surface area (Å²) in [6, 6.07) is 1.21. The van der Waals surface area contributed by atoms with E-state index in [2.05, 4.69) is 24.1 Å². The monoisotopic (exact) mass is 212 g/mol. The summed E-state index contributed by atoms with van der Waals surface area (Å²) >= 11 is 0. The predicted molar refractivity (Wildman–Crippen MR) is 62.1 cm³/mol. The van der Waals surface area contributed by atoms with Crippen LogP contribution in [0.4, 0.5) is 0 Å². The molecule has 2 rings (SSSR count). The van der Waals surface area contributed by atoms with Crippen molar-refractivity contribution >= 4 is 0 Å². The maximum atomic E-state index is 5.95. The van der Waals surface area contributed by atoms with E-state index in [9.17, 15) is 0 Å². The Morgan fingerprint density at radius 3 is 3.20 bits per heavy atom. The molecule has 3 atom stereocenters. The van der Waals surface area contributed by atoms with Crippen LogP contribution in [0, 0.1) is 0 Å². The fourth-order valence-electron chi connectivity index (χ4n) is 2.65. The van der Waals surface area contributed by atoms with Gasteiger partial charge in [0.15, 0.2) is 0 Å². The summed E-state index contributed by atoms with van der Waals surface area (Å²) in [6.07, 6.45) is 4.29. The maximum Gasteiger partial charge on any atom is 0.0852 e. The van der Waals surface area contributed by atoms with Gasteiger partial charge in [-0.25, -0.2) is 0 Å². The fraction of sp³-hybridized carbons (Fsp3) is 1.00. The van der Waals surface area contributed by atoms with Crippen LogP contribution in [0.5, 0.6) is 0 Å². The lowest BCUT2D eigenvalue weighted by molar-refractivity contribution is -0.0617. The van der Waals surface area contributed by atoms with Gasteiger partial charge in [0.05, 0.1) is 12.7 Å². The van der Waals surface area contributed by atoms with Crippen molar-refractivity contribution in [2.45, 2.75) is 51.3 Å². The van der Waals surface area contributed by atoms with Crippen LogP contribution in [-0.2, 0) is 4.74 Å². The summed E-state index contributed by atoms with van der Waals surface area (Å²) in [6.45, 7) is 8.91. The minimum Gasteiger partial charge on any atom is -0.374 e. The van der Waals surface area contributed by atoms with Crippen LogP contribution < -0.4 is 5.32 Å². The highest BCUT2D eigenvalue weighted by molar-refractivity contribution is 4.88. The molecule has 2 saturated heterocycles. The molecule has 3 heteroatoms. The summed E-state index contributed by atoms with van der Waals surface area (Å²) in [7, 11) is 0. The average molecular weight is 212 g/mol. The van der Waals surface area contributed by atoms with Crippen LogP contribution in [0.3, 0.4) is 0 Å². The molecule has 0 radical (unpaired) electrons. The number of morpholine rings is 1. The Morgan fingerprint density at radius 1 is 1.53 bits per heavy atom. The Balaban J connectivity index is 1.78. The van der Waals surface area contributed by atoms with Crippen LogP contribution in [0.15, 0.2) is 0 Å². The van der Waals surface area contributed by atoms with Gasteiger partial charge in [0.1, 0.15) is 0 Å². The molecule has 2 aliphatic rings. The number of hydrogen-bond donors (Lipinski definition) is 1. The summed E-state index contributed by atoms with van der Waals surface area (Å²) < 4.78 is 5.95. The molecular formula is C12H24N2O. The Morgan fingerprint density at radius 2 is 2.40 bits per heavy atom. The highest BCUT2D eigenvalue weighted by Gasteiger charge is 2.34. The second-order valence-electron chi connectivity index (χ2n) is 4.91. The first kappa shape index (κ1) is 11.4. The van der Waals surface area contributed by atoms with E-state index in [1.807, 2.05) is 0 Å². The SMILES string of the molecule is CCCNC(C)C1CN2CCCC2CO1. The number of fused-ring (bicyclic) bond motifs is 1. The van der Waals surface area contributed by atoms with Gasteiger partial charge < -0.3 is 10.1 Å². The molecule has 0 amide bonds. The smallest absolute Gasteiger partial charge is 0.0852 e. The van der Waals surface area contributed by atoms with E-state index >= 15 is 0 Å². The van der Waals surface area contributed by atoms with Crippen molar-refractivity contribution in [2.24, 2.45) is 0 Å². The Kier molecular flexibility index (Phi) is 4.00. The molecule has 0 aliphatic carbocycles. The molecular weight excluding hydrogens is 188 g/mol. The maximum absolute atomic E-state index is 5.95. The highest BCUT2D eigenvalue weighted by Crippen LogP contribution is 2.23. The van der Waals surface area contributed by atoms with Crippen molar-refractivity contribution in [2.75, 3.05) is 26.2 Å². The number of nitrogens with zero attached hydrogens (tertiary/aromatic N) is 1. The van der Waals surface area contributed by atoms with Crippen LogP contribution in [0.25, 0.3) is 0 Å². The van der Waals surface area contributed by atoms with Crippen LogP contribution in [-0.4, -0.2) is 49.3 Å². The molecule has 2 aliphatic heterocycles. The molecule has 2 heterocycles. The summed E-state index contributed by atoms with van der Waals surface area (Å²) in [5, 5.41) is 3.53. The van der Waals surface area contributed by atoms with E-state index in [1.165, 1.54) is 25.8 Å². The molecule has 15 heavy (non-hydrogen) atoms. The van der Waals surface area contributed by atoms with Crippen molar-refractivity contribution < 1.29 is 4.74 Å². The van der Waals surface area contributed by atoms with E-state index in [0.29, 0.717) is 12.1 Å². The third-order valence-electron chi connectivity index (χ3n) is 3.69. The first-order valence-corrected chi connectivity index (χ1v) is 6.40. The quantitative estimate of drug-likeness (QED) is 0.759. The lowest BCUT2D eigenvalue weighted by atomic mass is 10.1. The lowest BCUT2D eigenvalue weighted by Gasteiger charge is -2.38. The van der Waals surface area contributed by atoms with Crippen LogP contribution >= 0.6 is 0 Å². The topological polar surface area (TPSA) is 24.5 Å². The number of rotatable bonds is 4. The third-order valence-corrected chi connectivity index (χ3v) is 3.69. The van der Waals surface area contributed by atoms with Gasteiger partial charge in [-0.15, -0.1) is 0 Å². The van der Waals surface area contributed by atoms with Crippen molar-refractivity contribution in [1.82, 2.24) is 10.2 Å². The van der Waals surface area contributed by atoms with E-state index in [-0.39, 0.29) is 0 Å². The van der Waals surface area contributed by atoms with Crippen molar-refractivity contribution in [1.29, 1.82) is 0 Å². The van der Waals surface area contributed by atoms with Gasteiger partial charge in [0.25, 0.3) is 0 Å². The number of ether oxygens (including phenoxy) is 1. The fourth-order valence-corrected chi connectivity index (χ4v) is 2.65. The zero-order valence-electron chi connectivity index (χ0n) is 10.0. The van der Waals surface area contributed by atoms with Gasteiger partial charge in [0, 0.05) is 18.6 Å². The highest BCUT2D eigenvalue weighted by atomic mass is 16.5. The summed E-state index contributed by atoms with van der Waals surface area (Å²) in [5.41, 5.74) is 0. The van der Waals surface area contributed by atoms with Crippen LogP contribution in [0.2, 0.25) is 0 Å².